The first kappa shape index (κ1) is 12.2. The quantitative estimate of drug-likeness (QED) is 0.390. The second kappa shape index (κ2) is 5.76. The van der Waals surface area contributed by atoms with Crippen molar-refractivity contribution in [1.29, 1.82) is 0 Å². The monoisotopic (exact) mass is 293 g/mol. The molecule has 5 heteroatoms. The second-order valence-electron chi connectivity index (χ2n) is 2.42. The summed E-state index contributed by atoms with van der Waals surface area (Å²) in [7, 11) is 0. The van der Waals surface area contributed by atoms with Gasteiger partial charge in [-0.2, -0.15) is 0 Å². The van der Waals surface area contributed by atoms with Crippen molar-refractivity contribution in [2.45, 2.75) is 0 Å². The molecular formula is C8H12IN3O. The van der Waals surface area contributed by atoms with Crippen molar-refractivity contribution >= 4 is 17.3 Å². The molecule has 4 nitrogen and oxygen atoms in total. The first-order chi connectivity index (χ1) is 5.72. The number of halogens is 1. The summed E-state index contributed by atoms with van der Waals surface area (Å²) >= 11 is 0. The maximum absolute atomic E-state index is 10.9. The number of hydrogen-bond donors (Lipinski definition) is 3. The van der Waals surface area contributed by atoms with Crippen molar-refractivity contribution in [3.63, 3.8) is 0 Å². The van der Waals surface area contributed by atoms with Crippen LogP contribution in [0, 0.1) is 0 Å². The molecule has 13 heavy (non-hydrogen) atoms. The summed E-state index contributed by atoms with van der Waals surface area (Å²) in [5, 5.41) is 2.65. The lowest BCUT2D eigenvalue weighted by atomic mass is 10.3. The number of nitrogens with two attached hydrogens (primary N) is 1. The second-order valence-corrected chi connectivity index (χ2v) is 2.42. The van der Waals surface area contributed by atoms with Crippen LogP contribution in [0.15, 0.2) is 24.3 Å². The van der Waals surface area contributed by atoms with E-state index in [2.05, 4.69) is 11.1 Å². The van der Waals surface area contributed by atoms with Crippen molar-refractivity contribution in [2.75, 3.05) is 17.6 Å². The van der Waals surface area contributed by atoms with E-state index in [0.29, 0.717) is 11.4 Å². The molecule has 1 aromatic rings. The number of benzene rings is 1. The number of hydrogen-bond acceptors (Lipinski definition) is 2. The fraction of sp³-hybridized carbons (Fsp3) is 0.125. The highest BCUT2D eigenvalue weighted by atomic mass is 127. The Kier molecular flexibility index (Phi) is 5.40. The summed E-state index contributed by atoms with van der Waals surface area (Å²) in [5.41, 5.74) is 10.3. The van der Waals surface area contributed by atoms with Crippen LogP contribution in [-0.2, 0) is 4.79 Å². The Labute approximate surface area is 93.7 Å². The number of quaternary nitrogens is 1. The van der Waals surface area contributed by atoms with Crippen LogP contribution >= 0.6 is 0 Å². The van der Waals surface area contributed by atoms with E-state index in [-0.39, 0.29) is 36.4 Å². The minimum atomic E-state index is -0.111. The van der Waals surface area contributed by atoms with Crippen LogP contribution in [0.2, 0.25) is 0 Å². The molecule has 0 fully saturated rings. The number of carbonyl (C=O) groups is 1. The Morgan fingerprint density at radius 1 is 1.54 bits per heavy atom. The Hall–Kier alpha value is -0.820. The summed E-state index contributed by atoms with van der Waals surface area (Å²) in [6, 6.07) is 7.03. The zero-order chi connectivity index (χ0) is 8.97. The summed E-state index contributed by atoms with van der Waals surface area (Å²) in [6.45, 7) is 0.231. The van der Waals surface area contributed by atoms with Crippen molar-refractivity contribution in [1.82, 2.24) is 0 Å². The van der Waals surface area contributed by atoms with Crippen molar-refractivity contribution in [3.8, 4) is 0 Å². The minimum Gasteiger partial charge on any atom is -1.00 e. The van der Waals surface area contributed by atoms with E-state index in [1.165, 1.54) is 0 Å². The number of carbonyl (C=O) groups excluding carboxylic acids is 1. The number of nitrogen functional groups attached to an aromatic ring is 1. The van der Waals surface area contributed by atoms with Gasteiger partial charge in [-0.1, -0.05) is 6.07 Å². The van der Waals surface area contributed by atoms with Gasteiger partial charge in [0.15, 0.2) is 6.54 Å². The largest absolute Gasteiger partial charge is 1.00 e. The van der Waals surface area contributed by atoms with Crippen LogP contribution in [0.4, 0.5) is 11.4 Å². The van der Waals surface area contributed by atoms with E-state index < -0.39 is 0 Å². The molecule has 0 aliphatic heterocycles. The van der Waals surface area contributed by atoms with Crippen LogP contribution in [0.5, 0.6) is 0 Å². The van der Waals surface area contributed by atoms with E-state index in [9.17, 15) is 4.79 Å². The highest BCUT2D eigenvalue weighted by molar-refractivity contribution is 5.91. The van der Waals surface area contributed by atoms with Gasteiger partial charge in [0.2, 0.25) is 0 Å². The first-order valence-corrected chi connectivity index (χ1v) is 3.67. The van der Waals surface area contributed by atoms with Crippen molar-refractivity contribution < 1.29 is 34.5 Å². The lowest BCUT2D eigenvalue weighted by Gasteiger charge is -2.01. The lowest BCUT2D eigenvalue weighted by molar-refractivity contribution is -0.353. The van der Waals surface area contributed by atoms with Crippen molar-refractivity contribution in [3.05, 3.63) is 24.3 Å². The summed E-state index contributed by atoms with van der Waals surface area (Å²) in [4.78, 5) is 10.9. The van der Waals surface area contributed by atoms with Crippen LogP contribution in [0.3, 0.4) is 0 Å². The molecule has 0 aliphatic carbocycles. The topological polar surface area (TPSA) is 82.8 Å². The molecule has 0 saturated carbocycles. The molecule has 1 rings (SSSR count). The van der Waals surface area contributed by atoms with E-state index in [1.54, 1.807) is 24.3 Å². The molecule has 0 aromatic heterocycles. The molecule has 0 saturated heterocycles. The van der Waals surface area contributed by atoms with Gasteiger partial charge < -0.3 is 40.8 Å². The normalized spacial score (nSPS) is 8.69. The predicted molar refractivity (Wildman–Crippen MR) is 47.2 cm³/mol. The number of rotatable bonds is 2. The minimum absolute atomic E-state index is 0. The van der Waals surface area contributed by atoms with E-state index >= 15 is 0 Å². The highest BCUT2D eigenvalue weighted by Crippen LogP contribution is 2.10. The highest BCUT2D eigenvalue weighted by Gasteiger charge is 1.99. The van der Waals surface area contributed by atoms with Gasteiger partial charge in [-0.15, -0.1) is 0 Å². The zero-order valence-corrected chi connectivity index (χ0v) is 9.24. The van der Waals surface area contributed by atoms with Crippen LogP contribution < -0.4 is 40.8 Å². The van der Waals surface area contributed by atoms with Gasteiger partial charge in [0, 0.05) is 11.4 Å². The van der Waals surface area contributed by atoms with Crippen molar-refractivity contribution in [2.24, 2.45) is 0 Å². The van der Waals surface area contributed by atoms with Crippen LogP contribution in [0.25, 0.3) is 0 Å². The summed E-state index contributed by atoms with van der Waals surface area (Å²) in [6.07, 6.45) is 0. The number of anilines is 2. The van der Waals surface area contributed by atoms with E-state index in [0.717, 1.165) is 0 Å². The predicted octanol–water partition coefficient (Wildman–Crippen LogP) is -3.55. The van der Waals surface area contributed by atoms with Gasteiger partial charge in [-0.05, 0) is 18.2 Å². The van der Waals surface area contributed by atoms with E-state index in [4.69, 9.17) is 5.73 Å². The Balaban J connectivity index is 0.00000144. The Bertz CT molecular complexity index is 290. The third kappa shape index (κ3) is 4.09. The molecule has 1 aromatic carbocycles. The average Bonchev–Trinajstić information content (AvgIpc) is 2.04. The lowest BCUT2D eigenvalue weighted by Crippen LogP contribution is -3.00. The van der Waals surface area contributed by atoms with Gasteiger partial charge in [0.05, 0.1) is 0 Å². The standard InChI is InChI=1S/C8H11N3O.HI/c9-5-8(12)11-7-3-1-2-6(10)4-7;/h1-4H,5,9-10H2,(H,11,12);1H. The molecule has 0 unspecified atom stereocenters. The van der Waals surface area contributed by atoms with Crippen LogP contribution in [-0.4, -0.2) is 12.5 Å². The molecule has 0 radical (unpaired) electrons. The number of amides is 1. The SMILES string of the molecule is Nc1cccc(NC(=O)C[NH3+])c1.[I-]. The Morgan fingerprint density at radius 3 is 2.77 bits per heavy atom. The fourth-order valence-electron chi connectivity index (χ4n) is 0.840. The average molecular weight is 293 g/mol. The molecule has 0 heterocycles. The molecular weight excluding hydrogens is 281 g/mol. The smallest absolute Gasteiger partial charge is 0.279 e. The number of nitrogens with one attached hydrogen (secondary N) is 1. The molecule has 72 valence electrons. The van der Waals surface area contributed by atoms with Crippen LogP contribution in [0.1, 0.15) is 0 Å². The molecule has 0 aliphatic rings. The molecule has 0 bridgehead atoms. The van der Waals surface area contributed by atoms with Gasteiger partial charge >= 0.3 is 0 Å². The molecule has 1 amide bonds. The maximum atomic E-state index is 10.9. The van der Waals surface area contributed by atoms with Gasteiger partial charge in [-0.25, -0.2) is 0 Å². The van der Waals surface area contributed by atoms with Gasteiger partial charge in [0.25, 0.3) is 5.91 Å². The Morgan fingerprint density at radius 2 is 2.23 bits per heavy atom. The first-order valence-electron chi connectivity index (χ1n) is 3.67. The third-order valence-electron chi connectivity index (χ3n) is 1.40. The van der Waals surface area contributed by atoms with Gasteiger partial charge in [-0.3, -0.25) is 4.79 Å². The third-order valence-corrected chi connectivity index (χ3v) is 1.40. The fourth-order valence-corrected chi connectivity index (χ4v) is 0.840. The molecule has 0 atom stereocenters. The molecule has 6 N–H and O–H groups in total. The van der Waals surface area contributed by atoms with E-state index in [1.807, 2.05) is 0 Å². The molecule has 0 spiro atoms. The summed E-state index contributed by atoms with van der Waals surface area (Å²) in [5.74, 6) is -0.111. The van der Waals surface area contributed by atoms with Gasteiger partial charge in [0.1, 0.15) is 0 Å². The zero-order valence-electron chi connectivity index (χ0n) is 7.09. The maximum Gasteiger partial charge on any atom is 0.279 e. The summed E-state index contributed by atoms with van der Waals surface area (Å²) < 4.78 is 0.